The molecule has 2 aliphatic heterocycles. The standard InChI is InChI=1S/C48H58N2O13/c1-5-22-58-25-26-59-42(54)29-49-28-40(52)50-34-15-13-32(14-16-34)43(55)31-9-11-33(12-10-31)44(56)60-23-7-6-8-41(53)62-30-47(3)37-17-21-48(4)38(46(37,2)20-18-39(47)51)27-36(63-48)35-19-24-61-45(35)57/h1,9-16,19,36-39,49,51H,6-8,17-18,20-30H2,2-4H3,(H,50,52)/t36?,37?,38?,39-,46-,47+,48?/m1/s1. The van der Waals surface area contributed by atoms with Gasteiger partial charge in [0.1, 0.15) is 19.8 Å². The monoisotopic (exact) mass is 870 g/mol. The molecule has 1 amide bonds. The van der Waals surface area contributed by atoms with Gasteiger partial charge in [-0.1, -0.05) is 31.9 Å². The first-order chi connectivity index (χ1) is 30.2. The van der Waals surface area contributed by atoms with Gasteiger partial charge in [0.2, 0.25) is 5.91 Å². The number of amides is 1. The minimum Gasteiger partial charge on any atom is -0.465 e. The molecule has 338 valence electrons. The molecule has 1 saturated heterocycles. The number of unbranched alkanes of at least 4 members (excludes halogenated alkanes) is 1. The number of rotatable bonds is 20. The van der Waals surface area contributed by atoms with Crippen LogP contribution in [0.4, 0.5) is 5.69 Å². The van der Waals surface area contributed by atoms with E-state index in [2.05, 4.69) is 30.4 Å². The number of ketones is 1. The molecule has 15 heteroatoms. The lowest BCUT2D eigenvalue weighted by Crippen LogP contribution is -2.61. The molecule has 3 fully saturated rings. The van der Waals surface area contributed by atoms with Crippen LogP contribution in [0.3, 0.4) is 0 Å². The summed E-state index contributed by atoms with van der Waals surface area (Å²) in [5, 5.41) is 16.7. The van der Waals surface area contributed by atoms with Gasteiger partial charge in [-0.25, -0.2) is 9.59 Å². The third-order valence-corrected chi connectivity index (χ3v) is 13.3. The number of esters is 4. The zero-order chi connectivity index (χ0) is 45.2. The van der Waals surface area contributed by atoms with Gasteiger partial charge >= 0.3 is 23.9 Å². The second-order valence-corrected chi connectivity index (χ2v) is 17.5. The summed E-state index contributed by atoms with van der Waals surface area (Å²) in [4.78, 5) is 75.2. The topological polar surface area (TPSA) is 202 Å². The van der Waals surface area contributed by atoms with Crippen LogP contribution >= 0.6 is 0 Å². The summed E-state index contributed by atoms with van der Waals surface area (Å²) in [6.07, 6.45) is 10.7. The number of carbonyl (C=O) groups excluding carboxylic acids is 6. The summed E-state index contributed by atoms with van der Waals surface area (Å²) in [5.74, 6) is 0.107. The van der Waals surface area contributed by atoms with Crippen LogP contribution in [0.15, 0.2) is 60.2 Å². The number of hydrogen-bond acceptors (Lipinski definition) is 14. The summed E-state index contributed by atoms with van der Waals surface area (Å²) < 4.78 is 33.0. The Morgan fingerprint density at radius 3 is 2.25 bits per heavy atom. The number of ether oxygens (including phenoxy) is 6. The minimum absolute atomic E-state index is 0.0531. The number of cyclic esters (lactones) is 1. The average Bonchev–Trinajstić information content (AvgIpc) is 3.87. The fourth-order valence-corrected chi connectivity index (χ4v) is 10.0. The highest BCUT2D eigenvalue weighted by molar-refractivity contribution is 6.09. The van der Waals surface area contributed by atoms with Gasteiger partial charge in [-0.05, 0) is 112 Å². The zero-order valence-corrected chi connectivity index (χ0v) is 36.2. The van der Waals surface area contributed by atoms with Crippen LogP contribution in [-0.2, 0) is 47.6 Å². The van der Waals surface area contributed by atoms with Gasteiger partial charge in [-0.2, -0.15) is 0 Å². The van der Waals surface area contributed by atoms with Crippen LogP contribution in [-0.4, -0.2) is 111 Å². The normalized spacial score (nSPS) is 27.2. The van der Waals surface area contributed by atoms with Crippen molar-refractivity contribution in [3.8, 4) is 12.3 Å². The number of benzene rings is 2. The van der Waals surface area contributed by atoms with Gasteiger partial charge in [0, 0.05) is 28.7 Å². The summed E-state index contributed by atoms with van der Waals surface area (Å²) >= 11 is 0. The first-order valence-corrected chi connectivity index (χ1v) is 21.6. The third-order valence-electron chi connectivity index (χ3n) is 13.3. The number of hydrogen-bond donors (Lipinski definition) is 3. The number of carbonyl (C=O) groups is 6. The number of fused-ring (bicyclic) bond motifs is 3. The van der Waals surface area contributed by atoms with Gasteiger partial charge in [0.05, 0.1) is 61.9 Å². The lowest BCUT2D eigenvalue weighted by molar-refractivity contribution is -0.203. The molecular formula is C48H58N2O13. The summed E-state index contributed by atoms with van der Waals surface area (Å²) in [7, 11) is 0. The highest BCUT2D eigenvalue weighted by atomic mass is 16.6. The Hall–Kier alpha value is -5.40. The predicted octanol–water partition coefficient (Wildman–Crippen LogP) is 4.73. The molecule has 2 aromatic rings. The van der Waals surface area contributed by atoms with E-state index in [1.54, 1.807) is 24.3 Å². The number of nitrogens with one attached hydrogen (secondary N) is 2. The van der Waals surface area contributed by atoms with Crippen molar-refractivity contribution in [3.63, 3.8) is 0 Å². The first-order valence-electron chi connectivity index (χ1n) is 21.6. The quantitative estimate of drug-likeness (QED) is 0.0542. The van der Waals surface area contributed by atoms with Gasteiger partial charge in [0.25, 0.3) is 0 Å². The van der Waals surface area contributed by atoms with Crippen molar-refractivity contribution in [2.75, 3.05) is 58.0 Å². The second-order valence-electron chi connectivity index (χ2n) is 17.5. The molecular weight excluding hydrogens is 813 g/mol. The van der Waals surface area contributed by atoms with Crippen molar-refractivity contribution in [1.82, 2.24) is 5.32 Å². The van der Waals surface area contributed by atoms with E-state index in [1.165, 1.54) is 24.3 Å². The number of aliphatic hydroxyl groups excluding tert-OH is 1. The molecule has 2 aromatic carbocycles. The molecule has 2 heterocycles. The summed E-state index contributed by atoms with van der Waals surface area (Å²) in [6.45, 7) is 6.97. The molecule has 4 unspecified atom stereocenters. The van der Waals surface area contributed by atoms with E-state index in [1.807, 2.05) is 13.0 Å². The molecule has 3 N–H and O–H groups in total. The maximum atomic E-state index is 13.1. The van der Waals surface area contributed by atoms with E-state index in [0.29, 0.717) is 48.1 Å². The number of terminal acetylenes is 1. The summed E-state index contributed by atoms with van der Waals surface area (Å²) in [5.41, 5.74) is 0.843. The van der Waals surface area contributed by atoms with E-state index in [-0.39, 0.29) is 106 Å². The molecule has 7 atom stereocenters. The highest BCUT2D eigenvalue weighted by Gasteiger charge is 2.65. The Bertz CT molecular complexity index is 2080. The van der Waals surface area contributed by atoms with E-state index < -0.39 is 35.0 Å². The Morgan fingerprint density at radius 2 is 1.56 bits per heavy atom. The zero-order valence-electron chi connectivity index (χ0n) is 36.2. The molecule has 0 aromatic heterocycles. The molecule has 4 aliphatic rings. The molecule has 2 saturated carbocycles. The minimum atomic E-state index is -0.645. The molecule has 0 radical (unpaired) electrons. The van der Waals surface area contributed by atoms with Crippen molar-refractivity contribution in [2.45, 2.75) is 89.9 Å². The number of anilines is 1. The van der Waals surface area contributed by atoms with Gasteiger partial charge in [0.15, 0.2) is 5.78 Å². The molecule has 0 spiro atoms. The Morgan fingerprint density at radius 1 is 0.841 bits per heavy atom. The van der Waals surface area contributed by atoms with Crippen molar-refractivity contribution < 1.29 is 62.3 Å². The van der Waals surface area contributed by atoms with Gasteiger partial charge < -0.3 is 38.8 Å². The van der Waals surface area contributed by atoms with Crippen LogP contribution in [0.1, 0.15) is 98.4 Å². The second kappa shape index (κ2) is 20.9. The van der Waals surface area contributed by atoms with Crippen LogP contribution in [0, 0.1) is 35.0 Å². The third kappa shape index (κ3) is 11.2. The SMILES string of the molecule is C#CCOCCOC(=O)CNCC(=O)Nc1ccc(C(=O)c2ccc(C(=O)OCCCCC(=O)OC[C@@]3(C)C4CCC5(C)OC(C6=CCOC6=O)CC5[C@]4(C)CC[C@H]3O)cc2)cc1. The molecule has 6 rings (SSSR count). The Balaban J connectivity index is 0.881. The lowest BCUT2D eigenvalue weighted by atomic mass is 9.44. The van der Waals surface area contributed by atoms with E-state index in [9.17, 15) is 33.9 Å². The lowest BCUT2D eigenvalue weighted by Gasteiger charge is -2.61. The largest absolute Gasteiger partial charge is 0.465 e. The highest BCUT2D eigenvalue weighted by Crippen LogP contribution is 2.66. The Labute approximate surface area is 367 Å². The van der Waals surface area contributed by atoms with Crippen LogP contribution < -0.4 is 10.6 Å². The van der Waals surface area contributed by atoms with E-state index in [4.69, 9.17) is 34.8 Å². The van der Waals surface area contributed by atoms with Crippen LogP contribution in [0.25, 0.3) is 0 Å². The fraction of sp³-hybridized carbons (Fsp3) is 0.542. The van der Waals surface area contributed by atoms with Gasteiger partial charge in [-0.3, -0.25) is 24.5 Å². The van der Waals surface area contributed by atoms with E-state index in [0.717, 1.165) is 19.3 Å². The average molecular weight is 871 g/mol. The van der Waals surface area contributed by atoms with Crippen molar-refractivity contribution >= 4 is 41.3 Å². The van der Waals surface area contributed by atoms with Crippen molar-refractivity contribution in [1.29, 1.82) is 0 Å². The first kappa shape index (κ1) is 47.1. The fourth-order valence-electron chi connectivity index (χ4n) is 10.0. The molecule has 0 bridgehead atoms. The Kier molecular flexibility index (Phi) is 15.6. The maximum Gasteiger partial charge on any atom is 0.338 e. The van der Waals surface area contributed by atoms with Crippen molar-refractivity contribution in [3.05, 3.63) is 76.9 Å². The van der Waals surface area contributed by atoms with E-state index >= 15 is 0 Å². The van der Waals surface area contributed by atoms with Gasteiger partial charge in [-0.15, -0.1) is 6.42 Å². The molecule has 15 nitrogen and oxygen atoms in total. The number of aliphatic hydroxyl groups is 1. The molecule has 63 heavy (non-hydrogen) atoms. The maximum absolute atomic E-state index is 13.1. The smallest absolute Gasteiger partial charge is 0.338 e. The molecule has 2 aliphatic carbocycles. The van der Waals surface area contributed by atoms with Crippen LogP contribution in [0.2, 0.25) is 0 Å². The van der Waals surface area contributed by atoms with Crippen LogP contribution in [0.5, 0.6) is 0 Å². The summed E-state index contributed by atoms with van der Waals surface area (Å²) in [6, 6.07) is 12.4. The van der Waals surface area contributed by atoms with Crippen molar-refractivity contribution in [2.24, 2.45) is 22.7 Å². The predicted molar refractivity (Wildman–Crippen MR) is 228 cm³/mol.